The molecule has 1 aliphatic carbocycles. The van der Waals surface area contributed by atoms with Crippen LogP contribution in [0.2, 0.25) is 0 Å². The summed E-state index contributed by atoms with van der Waals surface area (Å²) in [5.41, 5.74) is 8.22. The van der Waals surface area contributed by atoms with Crippen molar-refractivity contribution in [1.29, 1.82) is 0 Å². The Morgan fingerprint density at radius 3 is 1.81 bits per heavy atom. The molecule has 3 aromatic heterocycles. The molecule has 1 aliphatic rings. The highest BCUT2D eigenvalue weighted by Gasteiger charge is 2.24. The van der Waals surface area contributed by atoms with E-state index in [1.165, 1.54) is 73.4 Å². The number of aromatic nitrogens is 3. The second-order valence-electron chi connectivity index (χ2n) is 12.4. The summed E-state index contributed by atoms with van der Waals surface area (Å²) in [6.07, 6.45) is 0. The first-order valence-corrected chi connectivity index (χ1v) is 17.7. The maximum absolute atomic E-state index is 5.14. The van der Waals surface area contributed by atoms with Crippen molar-refractivity contribution >= 4 is 73.8 Å². The summed E-state index contributed by atoms with van der Waals surface area (Å²) in [6.45, 7) is 0. The van der Waals surface area contributed by atoms with Gasteiger partial charge in [0.1, 0.15) is 0 Å². The molecule has 0 atom stereocenters. The third-order valence-corrected chi connectivity index (χ3v) is 12.0. The highest BCUT2D eigenvalue weighted by molar-refractivity contribution is 7.27. The lowest BCUT2D eigenvalue weighted by molar-refractivity contribution is 1.08. The third-order valence-electron chi connectivity index (χ3n) is 9.66. The summed E-state index contributed by atoms with van der Waals surface area (Å²) in [7, 11) is 0. The van der Waals surface area contributed by atoms with E-state index in [0.717, 1.165) is 16.7 Å². The first-order valence-electron chi connectivity index (χ1n) is 16.0. The van der Waals surface area contributed by atoms with Crippen molar-refractivity contribution in [2.45, 2.75) is 0 Å². The summed E-state index contributed by atoms with van der Waals surface area (Å²) >= 11 is 3.68. The van der Waals surface area contributed by atoms with Gasteiger partial charge in [0.2, 0.25) is 0 Å². The lowest BCUT2D eigenvalue weighted by Crippen LogP contribution is -2.00. The van der Waals surface area contributed by atoms with Crippen molar-refractivity contribution in [1.82, 2.24) is 15.0 Å². The molecule has 0 amide bonds. The number of thiophene rings is 2. The Balaban J connectivity index is 1.13. The van der Waals surface area contributed by atoms with Crippen LogP contribution in [0.5, 0.6) is 0 Å². The van der Waals surface area contributed by atoms with E-state index in [4.69, 9.17) is 15.0 Å². The van der Waals surface area contributed by atoms with E-state index in [0.29, 0.717) is 17.5 Å². The lowest BCUT2D eigenvalue weighted by atomic mass is 9.99. The Morgan fingerprint density at radius 1 is 0.333 bits per heavy atom. The molecule has 0 fully saturated rings. The van der Waals surface area contributed by atoms with Crippen LogP contribution >= 0.6 is 22.7 Å². The van der Waals surface area contributed by atoms with E-state index in [2.05, 4.69) is 121 Å². The van der Waals surface area contributed by atoms with Crippen molar-refractivity contribution in [2.75, 3.05) is 0 Å². The molecule has 0 radical (unpaired) electrons. The molecule has 0 unspecified atom stereocenters. The molecule has 48 heavy (non-hydrogen) atoms. The van der Waals surface area contributed by atoms with Crippen molar-refractivity contribution < 1.29 is 0 Å². The monoisotopic (exact) mass is 645 g/mol. The van der Waals surface area contributed by atoms with Crippen molar-refractivity contribution in [3.8, 4) is 56.4 Å². The highest BCUT2D eigenvalue weighted by Crippen LogP contribution is 2.52. The van der Waals surface area contributed by atoms with Gasteiger partial charge in [-0.3, -0.25) is 0 Å². The van der Waals surface area contributed by atoms with Gasteiger partial charge in [-0.1, -0.05) is 103 Å². The topological polar surface area (TPSA) is 38.7 Å². The zero-order chi connectivity index (χ0) is 31.3. The van der Waals surface area contributed by atoms with Gasteiger partial charge in [-0.15, -0.1) is 22.7 Å². The number of hydrogen-bond donors (Lipinski definition) is 0. The molecule has 0 spiro atoms. The molecule has 0 N–H and O–H groups in total. The van der Waals surface area contributed by atoms with Crippen molar-refractivity contribution in [2.24, 2.45) is 0 Å². The lowest BCUT2D eigenvalue weighted by Gasteiger charge is -2.09. The first kappa shape index (κ1) is 26.3. The third kappa shape index (κ3) is 3.77. The minimum atomic E-state index is 0.672. The fourth-order valence-corrected chi connectivity index (χ4v) is 9.79. The van der Waals surface area contributed by atoms with Crippen LogP contribution in [0.3, 0.4) is 0 Å². The summed E-state index contributed by atoms with van der Waals surface area (Å²) in [5.74, 6) is 2.02. The minimum absolute atomic E-state index is 0.672. The van der Waals surface area contributed by atoms with Gasteiger partial charge in [0.05, 0.1) is 0 Å². The van der Waals surface area contributed by atoms with Gasteiger partial charge in [-0.25, -0.2) is 15.0 Å². The smallest absolute Gasteiger partial charge is 0.164 e. The second-order valence-corrected chi connectivity index (χ2v) is 14.5. The van der Waals surface area contributed by atoms with Gasteiger partial charge < -0.3 is 0 Å². The van der Waals surface area contributed by atoms with Crippen molar-refractivity contribution in [3.05, 3.63) is 140 Å². The number of benzene rings is 7. The number of rotatable bonds is 3. The molecule has 3 nitrogen and oxygen atoms in total. The number of nitrogens with zero attached hydrogens (tertiary/aromatic N) is 3. The average molecular weight is 646 g/mol. The van der Waals surface area contributed by atoms with E-state index >= 15 is 0 Å². The second kappa shape index (κ2) is 9.88. The van der Waals surface area contributed by atoms with E-state index < -0.39 is 0 Å². The van der Waals surface area contributed by atoms with Gasteiger partial charge >= 0.3 is 0 Å². The van der Waals surface area contributed by atoms with Gasteiger partial charge in [0, 0.05) is 62.4 Å². The Morgan fingerprint density at radius 2 is 0.958 bits per heavy atom. The van der Waals surface area contributed by atoms with Gasteiger partial charge in [0.15, 0.2) is 17.5 Å². The Kier molecular flexibility index (Phi) is 5.42. The maximum atomic E-state index is 5.14. The van der Waals surface area contributed by atoms with E-state index in [9.17, 15) is 0 Å². The van der Waals surface area contributed by atoms with Crippen LogP contribution in [0.15, 0.2) is 140 Å². The molecule has 0 saturated heterocycles. The molecule has 0 aliphatic heterocycles. The zero-order valence-corrected chi connectivity index (χ0v) is 27.1. The SMILES string of the molecule is c1ccc(-c2nc(-c3ccc4c(c3)sc3ccccc34)nc(-c3ccc4sc5c6cccc7c6c(cc5c4c3)-c3ccccc3-7)n2)cc1. The largest absolute Gasteiger partial charge is 0.208 e. The Bertz CT molecular complexity index is 2960. The minimum Gasteiger partial charge on any atom is -0.208 e. The molecule has 0 bridgehead atoms. The standard InChI is InChI=1S/C43H23N3S2/c1-2-9-24(10-3-1)41-44-42(46-43(45-41)26-17-19-30-29-13-6-7-16-36(29)47-38(30)22-26)25-18-20-37-33(21-25)35-23-34-28-12-5-4-11-27(28)31-14-8-15-32(39(31)34)40(35)48-37/h1-23H. The van der Waals surface area contributed by atoms with Crippen LogP contribution in [0.1, 0.15) is 0 Å². The molecule has 0 saturated carbocycles. The fraction of sp³-hybridized carbons (Fsp3) is 0. The normalized spacial score (nSPS) is 12.2. The summed E-state index contributed by atoms with van der Waals surface area (Å²) < 4.78 is 5.11. The summed E-state index contributed by atoms with van der Waals surface area (Å²) in [5, 5.41) is 7.74. The Labute approximate surface area is 283 Å². The van der Waals surface area contributed by atoms with Crippen LogP contribution in [-0.4, -0.2) is 15.0 Å². The average Bonchev–Trinajstić information content (AvgIpc) is 3.82. The maximum Gasteiger partial charge on any atom is 0.164 e. The molecule has 3 heterocycles. The predicted molar refractivity (Wildman–Crippen MR) is 204 cm³/mol. The summed E-state index contributed by atoms with van der Waals surface area (Å²) in [4.78, 5) is 15.2. The van der Waals surface area contributed by atoms with Crippen LogP contribution in [0.4, 0.5) is 0 Å². The number of hydrogen-bond acceptors (Lipinski definition) is 5. The zero-order valence-electron chi connectivity index (χ0n) is 25.4. The predicted octanol–water partition coefficient (Wildman–Crippen LogP) is 12.4. The van der Waals surface area contributed by atoms with Crippen LogP contribution in [0.25, 0.3) is 108 Å². The van der Waals surface area contributed by atoms with E-state index in [-0.39, 0.29) is 0 Å². The van der Waals surface area contributed by atoms with Crippen LogP contribution in [-0.2, 0) is 0 Å². The molecular formula is C43H23N3S2. The van der Waals surface area contributed by atoms with Gasteiger partial charge in [0.25, 0.3) is 0 Å². The van der Waals surface area contributed by atoms with Crippen LogP contribution in [0, 0.1) is 0 Å². The molecule has 7 aromatic carbocycles. The molecule has 11 rings (SSSR count). The fourth-order valence-electron chi connectivity index (χ4n) is 7.45. The molecule has 10 aromatic rings. The number of fused-ring (bicyclic) bond motifs is 10. The Hall–Kier alpha value is -5.75. The van der Waals surface area contributed by atoms with E-state index in [1.54, 1.807) is 0 Å². The van der Waals surface area contributed by atoms with Crippen LogP contribution < -0.4 is 0 Å². The molecular weight excluding hydrogens is 623 g/mol. The molecule has 5 heteroatoms. The molecule has 222 valence electrons. The quantitative estimate of drug-likeness (QED) is 0.192. The van der Waals surface area contributed by atoms with Gasteiger partial charge in [-0.2, -0.15) is 0 Å². The van der Waals surface area contributed by atoms with Crippen molar-refractivity contribution in [3.63, 3.8) is 0 Å². The van der Waals surface area contributed by atoms with E-state index in [1.807, 2.05) is 40.9 Å². The summed E-state index contributed by atoms with van der Waals surface area (Å²) in [6, 6.07) is 50.0. The first-order chi connectivity index (χ1) is 23.8. The van der Waals surface area contributed by atoms with Gasteiger partial charge in [-0.05, 0) is 64.0 Å². The highest BCUT2D eigenvalue weighted by atomic mass is 32.1.